The molecule has 5 atom stereocenters. The first kappa shape index (κ1) is 32.3. The lowest BCUT2D eigenvalue weighted by atomic mass is 9.84. The highest BCUT2D eigenvalue weighted by molar-refractivity contribution is 5.91. The zero-order valence-corrected chi connectivity index (χ0v) is 26.1. The van der Waals surface area contributed by atoms with Gasteiger partial charge >= 0.3 is 5.97 Å². The second kappa shape index (κ2) is 13.6. The molecule has 0 aliphatic carbocycles. The molecule has 10 heteroatoms. The number of nitrogens with zero attached hydrogens (tertiary/aromatic N) is 4. The molecule has 0 saturated carbocycles. The zero-order chi connectivity index (χ0) is 29.8. The van der Waals surface area contributed by atoms with E-state index in [1.807, 2.05) is 34.9 Å². The van der Waals surface area contributed by atoms with Crippen molar-refractivity contribution in [3.8, 4) is 0 Å². The Bertz CT molecular complexity index is 919. The third-order valence-corrected chi connectivity index (χ3v) is 9.17. The first-order valence-electron chi connectivity index (χ1n) is 15.2. The first-order valence-corrected chi connectivity index (χ1v) is 15.2. The summed E-state index contributed by atoms with van der Waals surface area (Å²) < 4.78 is 4.96. The second-order valence-corrected chi connectivity index (χ2v) is 13.4. The number of likely N-dealkylation sites (tertiary alicyclic amines) is 3. The van der Waals surface area contributed by atoms with E-state index in [4.69, 9.17) is 4.74 Å². The number of hydrogen-bond acceptors (Lipinski definition) is 7. The van der Waals surface area contributed by atoms with E-state index in [-0.39, 0.29) is 47.7 Å². The van der Waals surface area contributed by atoms with E-state index < -0.39 is 17.5 Å². The molecule has 0 aromatic heterocycles. The van der Waals surface area contributed by atoms with Crippen LogP contribution in [0.3, 0.4) is 0 Å². The van der Waals surface area contributed by atoms with Crippen molar-refractivity contribution in [1.82, 2.24) is 24.9 Å². The fraction of sp³-hybridized carbons (Fsp3) is 0.867. The summed E-state index contributed by atoms with van der Waals surface area (Å²) in [5.74, 6) is -0.416. The van der Waals surface area contributed by atoms with Crippen LogP contribution in [-0.2, 0) is 23.9 Å². The van der Waals surface area contributed by atoms with E-state index in [1.165, 1.54) is 7.11 Å². The molecule has 3 aliphatic rings. The standard InChI is InChI=1S/C30H53N5O5/c1-20(2)24(19-34-17-11-14-22(34)27(37)35-18-12-15-23(35)29(39)40-8)33(7)28(38)25(30(3,4)5)31-26(36)21-13-9-10-16-32(21)6/h20-25H,9-19H2,1-8H3,(H,31,36)/t21?,22-,23-,24+,25+/m0/s1. The van der Waals surface area contributed by atoms with Gasteiger partial charge in [-0.2, -0.15) is 0 Å². The Hall–Kier alpha value is -2.20. The van der Waals surface area contributed by atoms with Gasteiger partial charge < -0.3 is 19.9 Å². The highest BCUT2D eigenvalue weighted by Gasteiger charge is 2.43. The Morgan fingerprint density at radius 1 is 0.925 bits per heavy atom. The van der Waals surface area contributed by atoms with Gasteiger partial charge in [0.15, 0.2) is 0 Å². The minimum absolute atomic E-state index is 0.0154. The van der Waals surface area contributed by atoms with Crippen molar-refractivity contribution >= 4 is 23.7 Å². The molecule has 0 aromatic rings. The monoisotopic (exact) mass is 563 g/mol. The largest absolute Gasteiger partial charge is 0.467 e. The van der Waals surface area contributed by atoms with Crippen LogP contribution in [0.1, 0.15) is 79.6 Å². The molecule has 3 amide bonds. The third kappa shape index (κ3) is 7.35. The van der Waals surface area contributed by atoms with Crippen LogP contribution in [-0.4, -0.2) is 121 Å². The van der Waals surface area contributed by atoms with Crippen molar-refractivity contribution in [2.75, 3.05) is 47.4 Å². The number of hydrogen-bond donors (Lipinski definition) is 1. The molecule has 3 rings (SSSR count). The van der Waals surface area contributed by atoms with Crippen molar-refractivity contribution in [1.29, 1.82) is 0 Å². The van der Waals surface area contributed by atoms with Crippen LogP contribution in [0, 0.1) is 11.3 Å². The number of carbonyl (C=O) groups excluding carboxylic acids is 4. The van der Waals surface area contributed by atoms with Crippen molar-refractivity contribution in [3.63, 3.8) is 0 Å². The SMILES string of the molecule is COC(=O)[C@@H]1CCCN1C(=O)[C@@H]1CCCN1C[C@H](C(C)C)N(C)C(=O)[C@@H](NC(=O)C1CCCCN1C)C(C)(C)C. The fourth-order valence-corrected chi connectivity index (χ4v) is 6.61. The number of piperidine rings is 1. The molecular weight excluding hydrogens is 510 g/mol. The topological polar surface area (TPSA) is 102 Å². The average molecular weight is 564 g/mol. The number of rotatable bonds is 9. The molecule has 0 radical (unpaired) electrons. The molecule has 228 valence electrons. The van der Waals surface area contributed by atoms with Crippen molar-refractivity contribution in [3.05, 3.63) is 0 Å². The van der Waals surface area contributed by atoms with Gasteiger partial charge in [0.2, 0.25) is 17.7 Å². The highest BCUT2D eigenvalue weighted by atomic mass is 16.5. The van der Waals surface area contributed by atoms with Crippen LogP contribution in [0.25, 0.3) is 0 Å². The maximum Gasteiger partial charge on any atom is 0.328 e. The van der Waals surface area contributed by atoms with Crippen molar-refractivity contribution in [2.45, 2.75) is 110 Å². The molecule has 0 spiro atoms. The smallest absolute Gasteiger partial charge is 0.328 e. The number of methoxy groups -OCH3 is 1. The number of carbonyl (C=O) groups is 4. The summed E-state index contributed by atoms with van der Waals surface area (Å²) in [6.07, 6.45) is 5.96. The maximum atomic E-state index is 14.0. The molecule has 3 fully saturated rings. The average Bonchev–Trinajstić information content (AvgIpc) is 3.58. The summed E-state index contributed by atoms with van der Waals surface area (Å²) in [6.45, 7) is 12.9. The second-order valence-electron chi connectivity index (χ2n) is 13.4. The number of esters is 1. The summed E-state index contributed by atoms with van der Waals surface area (Å²) in [4.78, 5) is 61.0. The van der Waals surface area contributed by atoms with E-state index in [9.17, 15) is 19.2 Å². The van der Waals surface area contributed by atoms with Gasteiger partial charge in [-0.25, -0.2) is 4.79 Å². The quantitative estimate of drug-likeness (QED) is 0.429. The van der Waals surface area contributed by atoms with Gasteiger partial charge in [-0.1, -0.05) is 41.0 Å². The van der Waals surface area contributed by atoms with E-state index in [1.54, 1.807) is 9.80 Å². The molecular formula is C30H53N5O5. The van der Waals surface area contributed by atoms with Crippen LogP contribution in [0.2, 0.25) is 0 Å². The summed E-state index contributed by atoms with van der Waals surface area (Å²) >= 11 is 0. The Balaban J connectivity index is 1.74. The van der Waals surface area contributed by atoms with Gasteiger partial charge in [-0.05, 0) is 70.0 Å². The third-order valence-electron chi connectivity index (χ3n) is 9.17. The summed E-state index contributed by atoms with van der Waals surface area (Å²) in [7, 11) is 5.17. The maximum absolute atomic E-state index is 14.0. The van der Waals surface area contributed by atoms with Crippen LogP contribution >= 0.6 is 0 Å². The lowest BCUT2D eigenvalue weighted by Gasteiger charge is -2.41. The molecule has 3 heterocycles. The van der Waals surface area contributed by atoms with E-state index >= 15 is 0 Å². The Morgan fingerprint density at radius 2 is 1.55 bits per heavy atom. The molecule has 3 saturated heterocycles. The number of likely N-dealkylation sites (N-methyl/N-ethyl adjacent to an activating group) is 2. The molecule has 0 bridgehead atoms. The zero-order valence-electron chi connectivity index (χ0n) is 26.1. The fourth-order valence-electron chi connectivity index (χ4n) is 6.61. The van der Waals surface area contributed by atoms with E-state index in [2.05, 4.69) is 29.0 Å². The van der Waals surface area contributed by atoms with Crippen LogP contribution < -0.4 is 5.32 Å². The summed E-state index contributed by atoms with van der Waals surface area (Å²) in [5, 5.41) is 3.12. The molecule has 1 unspecified atom stereocenters. The van der Waals surface area contributed by atoms with Crippen molar-refractivity contribution in [2.24, 2.45) is 11.3 Å². The molecule has 0 aromatic carbocycles. The Morgan fingerprint density at radius 3 is 2.15 bits per heavy atom. The molecule has 3 aliphatic heterocycles. The van der Waals surface area contributed by atoms with Gasteiger partial charge in [0, 0.05) is 26.2 Å². The van der Waals surface area contributed by atoms with Gasteiger partial charge in [0.1, 0.15) is 12.1 Å². The van der Waals surface area contributed by atoms with Gasteiger partial charge in [0.05, 0.1) is 19.2 Å². The van der Waals surface area contributed by atoms with Crippen molar-refractivity contribution < 1.29 is 23.9 Å². The van der Waals surface area contributed by atoms with Crippen LogP contribution in [0.4, 0.5) is 0 Å². The number of amides is 3. The highest BCUT2D eigenvalue weighted by Crippen LogP contribution is 2.28. The molecule has 1 N–H and O–H groups in total. The lowest BCUT2D eigenvalue weighted by molar-refractivity contribution is -0.152. The molecule has 40 heavy (non-hydrogen) atoms. The summed E-state index contributed by atoms with van der Waals surface area (Å²) in [6, 6.07) is -1.84. The number of ether oxygens (including phenoxy) is 1. The predicted octanol–water partition coefficient (Wildman–Crippen LogP) is 2.11. The van der Waals surface area contributed by atoms with Gasteiger partial charge in [0.25, 0.3) is 0 Å². The van der Waals surface area contributed by atoms with Crippen LogP contribution in [0.15, 0.2) is 0 Å². The predicted molar refractivity (Wildman–Crippen MR) is 154 cm³/mol. The van der Waals surface area contributed by atoms with E-state index in [0.717, 1.165) is 51.6 Å². The van der Waals surface area contributed by atoms with Gasteiger partial charge in [-0.3, -0.25) is 24.2 Å². The number of nitrogens with one attached hydrogen (secondary N) is 1. The van der Waals surface area contributed by atoms with E-state index in [0.29, 0.717) is 19.5 Å². The first-order chi connectivity index (χ1) is 18.8. The Labute approximate surface area is 241 Å². The van der Waals surface area contributed by atoms with Crippen LogP contribution in [0.5, 0.6) is 0 Å². The minimum atomic E-state index is -0.664. The Kier molecular flexibility index (Phi) is 11.0. The van der Waals surface area contributed by atoms with Gasteiger partial charge in [-0.15, -0.1) is 0 Å². The molecule has 10 nitrogen and oxygen atoms in total. The summed E-state index contributed by atoms with van der Waals surface area (Å²) in [5.41, 5.74) is -0.472. The normalized spacial score (nSPS) is 26.0. The minimum Gasteiger partial charge on any atom is -0.467 e. The lowest BCUT2D eigenvalue weighted by Crippen LogP contribution is -2.61.